The molecule has 2 fully saturated rings. The number of Topliss-reactive ketones (excluding diaryl/α,β-unsaturated/α-hetero) is 1. The fraction of sp³-hybridized carbons (Fsp3) is 0.300. The molecule has 0 bridgehead atoms. The van der Waals surface area contributed by atoms with Crippen LogP contribution in [0.1, 0.15) is 23.2 Å². The highest BCUT2D eigenvalue weighted by Gasteiger charge is 2.46. The first-order chi connectivity index (χ1) is 11.7. The second-order valence-corrected chi connectivity index (χ2v) is 6.78. The summed E-state index contributed by atoms with van der Waals surface area (Å²) in [6, 6.07) is 17.9. The predicted octanol–water partition coefficient (Wildman–Crippen LogP) is 2.50. The quantitative estimate of drug-likeness (QED) is 0.925. The molecule has 2 heterocycles. The third kappa shape index (κ3) is 2.74. The predicted molar refractivity (Wildman–Crippen MR) is 92.8 cm³/mol. The zero-order valence-electron chi connectivity index (χ0n) is 13.5. The molecule has 0 unspecified atom stereocenters. The molecule has 0 saturated carbocycles. The van der Waals surface area contributed by atoms with E-state index in [1.807, 2.05) is 47.4 Å². The highest BCUT2D eigenvalue weighted by atomic mass is 16.2. The summed E-state index contributed by atoms with van der Waals surface area (Å²) in [6.45, 7) is 1.83. The average molecular weight is 320 g/mol. The summed E-state index contributed by atoms with van der Waals surface area (Å²) in [5, 5.41) is 3.31. The van der Waals surface area contributed by atoms with Crippen molar-refractivity contribution in [3.8, 4) is 11.1 Å². The molecule has 4 heteroatoms. The molecule has 2 aromatic rings. The van der Waals surface area contributed by atoms with Gasteiger partial charge in [0, 0.05) is 25.1 Å². The summed E-state index contributed by atoms with van der Waals surface area (Å²) < 4.78 is 0. The number of rotatable bonds is 2. The molecule has 2 aliphatic heterocycles. The lowest BCUT2D eigenvalue weighted by Gasteiger charge is -2.52. The number of piperidine rings is 1. The summed E-state index contributed by atoms with van der Waals surface area (Å²) in [7, 11) is 0. The van der Waals surface area contributed by atoms with Crippen LogP contribution in [0.15, 0.2) is 54.6 Å². The van der Waals surface area contributed by atoms with Gasteiger partial charge in [-0.3, -0.25) is 9.59 Å². The first-order valence-corrected chi connectivity index (χ1v) is 8.37. The SMILES string of the molecule is O=C1CCC2(CN(C(=O)c3ccc(-c4ccccc4)cc3)C2)NC1. The summed E-state index contributed by atoms with van der Waals surface area (Å²) in [4.78, 5) is 25.8. The molecule has 4 nitrogen and oxygen atoms in total. The van der Waals surface area contributed by atoms with E-state index in [4.69, 9.17) is 0 Å². The van der Waals surface area contributed by atoms with Gasteiger partial charge in [0.15, 0.2) is 0 Å². The minimum atomic E-state index is -0.0342. The van der Waals surface area contributed by atoms with Crippen LogP contribution in [0.5, 0.6) is 0 Å². The van der Waals surface area contributed by atoms with Crippen molar-refractivity contribution in [1.82, 2.24) is 10.2 Å². The number of nitrogens with one attached hydrogen (secondary N) is 1. The smallest absolute Gasteiger partial charge is 0.253 e. The van der Waals surface area contributed by atoms with Crippen LogP contribution in [0.2, 0.25) is 0 Å². The van der Waals surface area contributed by atoms with E-state index < -0.39 is 0 Å². The maximum Gasteiger partial charge on any atom is 0.253 e. The molecule has 0 aliphatic carbocycles. The second-order valence-electron chi connectivity index (χ2n) is 6.78. The number of hydrogen-bond acceptors (Lipinski definition) is 3. The highest BCUT2D eigenvalue weighted by molar-refractivity contribution is 5.95. The Bertz CT molecular complexity index is 750. The molecule has 2 aromatic carbocycles. The van der Waals surface area contributed by atoms with Crippen LogP contribution in [0.4, 0.5) is 0 Å². The number of nitrogens with zero attached hydrogens (tertiary/aromatic N) is 1. The summed E-state index contributed by atoms with van der Waals surface area (Å²) in [6.07, 6.45) is 1.46. The molecule has 1 amide bonds. The molecule has 0 aromatic heterocycles. The highest BCUT2D eigenvalue weighted by Crippen LogP contribution is 2.30. The van der Waals surface area contributed by atoms with E-state index in [-0.39, 0.29) is 17.2 Å². The van der Waals surface area contributed by atoms with Gasteiger partial charge in [0.2, 0.25) is 0 Å². The molecule has 2 aliphatic rings. The van der Waals surface area contributed by atoms with E-state index in [1.165, 1.54) is 0 Å². The molecule has 122 valence electrons. The third-order valence-electron chi connectivity index (χ3n) is 5.06. The number of carbonyl (C=O) groups is 2. The van der Waals surface area contributed by atoms with Crippen molar-refractivity contribution in [2.75, 3.05) is 19.6 Å². The summed E-state index contributed by atoms with van der Waals surface area (Å²) in [5.74, 6) is 0.334. The normalized spacial score (nSPS) is 19.2. The van der Waals surface area contributed by atoms with Crippen LogP contribution >= 0.6 is 0 Å². The number of amides is 1. The van der Waals surface area contributed by atoms with Crippen LogP contribution in [0.25, 0.3) is 11.1 Å². The van der Waals surface area contributed by atoms with Crippen molar-refractivity contribution in [1.29, 1.82) is 0 Å². The van der Waals surface area contributed by atoms with E-state index in [9.17, 15) is 9.59 Å². The number of likely N-dealkylation sites (tertiary alicyclic amines) is 1. The molecule has 24 heavy (non-hydrogen) atoms. The van der Waals surface area contributed by atoms with E-state index in [0.29, 0.717) is 26.1 Å². The Morgan fingerprint density at radius 3 is 2.25 bits per heavy atom. The minimum Gasteiger partial charge on any atom is -0.335 e. The van der Waals surface area contributed by atoms with Crippen molar-refractivity contribution in [2.24, 2.45) is 0 Å². The number of benzene rings is 2. The van der Waals surface area contributed by atoms with E-state index >= 15 is 0 Å². The Hall–Kier alpha value is -2.46. The van der Waals surface area contributed by atoms with Crippen molar-refractivity contribution < 1.29 is 9.59 Å². The van der Waals surface area contributed by atoms with Crippen LogP contribution in [0.3, 0.4) is 0 Å². The minimum absolute atomic E-state index is 0.0342. The number of ketones is 1. The van der Waals surface area contributed by atoms with Crippen LogP contribution in [-0.2, 0) is 4.79 Å². The van der Waals surface area contributed by atoms with E-state index in [0.717, 1.165) is 23.1 Å². The largest absolute Gasteiger partial charge is 0.335 e. The van der Waals surface area contributed by atoms with E-state index in [2.05, 4.69) is 17.4 Å². The van der Waals surface area contributed by atoms with Crippen molar-refractivity contribution in [2.45, 2.75) is 18.4 Å². The number of carbonyl (C=O) groups excluding carboxylic acids is 2. The summed E-state index contributed by atoms with van der Waals surface area (Å²) in [5.41, 5.74) is 2.94. The molecule has 0 atom stereocenters. The molecule has 0 radical (unpaired) electrons. The topological polar surface area (TPSA) is 49.4 Å². The third-order valence-corrected chi connectivity index (χ3v) is 5.06. The Morgan fingerprint density at radius 2 is 1.62 bits per heavy atom. The molecule has 4 rings (SSSR count). The molecule has 1 N–H and O–H groups in total. The Kier molecular flexibility index (Phi) is 3.69. The van der Waals surface area contributed by atoms with E-state index in [1.54, 1.807) is 0 Å². The van der Waals surface area contributed by atoms with Gasteiger partial charge in [-0.05, 0) is 29.7 Å². The lowest BCUT2D eigenvalue weighted by molar-refractivity contribution is -0.122. The maximum absolute atomic E-state index is 12.6. The van der Waals surface area contributed by atoms with Crippen molar-refractivity contribution in [3.63, 3.8) is 0 Å². The number of hydrogen-bond donors (Lipinski definition) is 1. The van der Waals surface area contributed by atoms with Gasteiger partial charge in [0.25, 0.3) is 5.91 Å². The fourth-order valence-corrected chi connectivity index (χ4v) is 3.56. The van der Waals surface area contributed by atoms with Gasteiger partial charge in [0.05, 0.1) is 12.1 Å². The van der Waals surface area contributed by atoms with Crippen LogP contribution < -0.4 is 5.32 Å². The van der Waals surface area contributed by atoms with Gasteiger partial charge in [-0.25, -0.2) is 0 Å². The van der Waals surface area contributed by atoms with Gasteiger partial charge in [-0.1, -0.05) is 42.5 Å². The first-order valence-electron chi connectivity index (χ1n) is 8.37. The van der Waals surface area contributed by atoms with Gasteiger partial charge < -0.3 is 10.2 Å². The Balaban J connectivity index is 1.42. The Morgan fingerprint density at radius 1 is 0.958 bits per heavy atom. The maximum atomic E-state index is 12.6. The molecular weight excluding hydrogens is 300 g/mol. The van der Waals surface area contributed by atoms with Crippen LogP contribution in [-0.4, -0.2) is 41.8 Å². The van der Waals surface area contributed by atoms with Crippen molar-refractivity contribution in [3.05, 3.63) is 60.2 Å². The first kappa shape index (κ1) is 15.1. The van der Waals surface area contributed by atoms with Crippen LogP contribution in [0, 0.1) is 0 Å². The second kappa shape index (κ2) is 5.87. The Labute approximate surface area is 141 Å². The van der Waals surface area contributed by atoms with Crippen molar-refractivity contribution >= 4 is 11.7 Å². The average Bonchev–Trinajstić information content (AvgIpc) is 2.61. The van der Waals surface area contributed by atoms with Gasteiger partial charge in [-0.2, -0.15) is 0 Å². The van der Waals surface area contributed by atoms with Gasteiger partial charge >= 0.3 is 0 Å². The lowest BCUT2D eigenvalue weighted by Crippen LogP contribution is -2.72. The molecular formula is C20H20N2O2. The lowest BCUT2D eigenvalue weighted by atomic mass is 9.81. The zero-order chi connectivity index (χ0) is 16.6. The van der Waals surface area contributed by atoms with Gasteiger partial charge in [0.1, 0.15) is 5.78 Å². The monoisotopic (exact) mass is 320 g/mol. The van der Waals surface area contributed by atoms with Gasteiger partial charge in [-0.15, -0.1) is 0 Å². The molecule has 2 saturated heterocycles. The molecule has 1 spiro atoms. The zero-order valence-corrected chi connectivity index (χ0v) is 13.5. The standard InChI is InChI=1S/C20H20N2O2/c23-18-10-11-20(21-12-18)13-22(14-20)19(24)17-8-6-16(7-9-17)15-4-2-1-3-5-15/h1-9,21H,10-14H2. The summed E-state index contributed by atoms with van der Waals surface area (Å²) >= 11 is 0. The fourth-order valence-electron chi connectivity index (χ4n) is 3.56.